The fraction of sp³-hybridized carbons (Fsp3) is 0.533. The lowest BCUT2D eigenvalue weighted by Gasteiger charge is -2.44. The molecule has 1 aliphatic carbocycles. The van der Waals surface area contributed by atoms with Gasteiger partial charge in [0.05, 0.1) is 6.61 Å². The number of ether oxygens (including phenoxy) is 3. The van der Waals surface area contributed by atoms with Crippen LogP contribution in [-0.2, 0) is 16.0 Å². The van der Waals surface area contributed by atoms with Gasteiger partial charge in [-0.3, -0.25) is 0 Å². The predicted molar refractivity (Wildman–Crippen MR) is 144 cm³/mol. The molecule has 2 unspecified atom stereocenters. The van der Waals surface area contributed by atoms with Crippen LogP contribution in [0.4, 0.5) is 5.69 Å². The van der Waals surface area contributed by atoms with Crippen LogP contribution in [0.25, 0.3) is 0 Å². The highest BCUT2D eigenvalue weighted by Gasteiger charge is 2.45. The second-order valence-electron chi connectivity index (χ2n) is 10.3. The molecule has 0 aromatic heterocycles. The largest absolute Gasteiger partial charge is 0.485 e. The molecule has 4 nitrogen and oxygen atoms in total. The summed E-state index contributed by atoms with van der Waals surface area (Å²) in [5, 5.41) is 4.28. The summed E-state index contributed by atoms with van der Waals surface area (Å²) in [5.41, 5.74) is 2.72. The van der Waals surface area contributed by atoms with Gasteiger partial charge in [0.2, 0.25) is 0 Å². The number of nitrogens with one attached hydrogen (secondary N) is 1. The second kappa shape index (κ2) is 12.3. The normalized spacial score (nSPS) is 22.1. The van der Waals surface area contributed by atoms with Crippen LogP contribution in [0.1, 0.15) is 76.5 Å². The Morgan fingerprint density at radius 1 is 1.09 bits per heavy atom. The summed E-state index contributed by atoms with van der Waals surface area (Å²) in [6.07, 6.45) is 11.5. The molecule has 35 heavy (non-hydrogen) atoms. The quantitative estimate of drug-likeness (QED) is 0.336. The minimum Gasteiger partial charge on any atom is -0.485 e. The summed E-state index contributed by atoms with van der Waals surface area (Å²) in [7, 11) is 0. The molecule has 5 heteroatoms. The average Bonchev–Trinajstić information content (AvgIpc) is 2.85. The zero-order chi connectivity index (χ0) is 24.7. The highest BCUT2D eigenvalue weighted by atomic mass is 35.5. The smallest absolute Gasteiger partial charge is 0.132 e. The van der Waals surface area contributed by atoms with Crippen molar-refractivity contribution in [3.05, 3.63) is 70.8 Å². The van der Waals surface area contributed by atoms with E-state index < -0.39 is 5.60 Å². The molecule has 2 aromatic rings. The average molecular weight is 498 g/mol. The van der Waals surface area contributed by atoms with Crippen molar-refractivity contribution in [3.8, 4) is 5.75 Å². The first-order chi connectivity index (χ1) is 17.0. The highest BCUT2D eigenvalue weighted by Crippen LogP contribution is 2.44. The predicted octanol–water partition coefficient (Wildman–Crippen LogP) is 8.11. The second-order valence-corrected chi connectivity index (χ2v) is 10.8. The van der Waals surface area contributed by atoms with Crippen molar-refractivity contribution in [3.63, 3.8) is 0 Å². The van der Waals surface area contributed by atoms with E-state index in [0.29, 0.717) is 13.2 Å². The number of halogens is 1. The zero-order valence-electron chi connectivity index (χ0n) is 21.4. The van der Waals surface area contributed by atoms with Crippen LogP contribution in [-0.4, -0.2) is 24.9 Å². The molecule has 2 atom stereocenters. The Labute approximate surface area is 216 Å². The molecule has 0 bridgehead atoms. The van der Waals surface area contributed by atoms with Gasteiger partial charge in [-0.2, -0.15) is 0 Å². The fourth-order valence-electron chi connectivity index (χ4n) is 5.25. The maximum atomic E-state index is 6.65. The molecule has 0 saturated heterocycles. The standard InChI is InChI=1S/C30H40ClNO3/c1-4-5-17-34-29-28(33-18-16-22-10-7-6-8-11-22)26-20-25(14-15-27(26)35-30(29,2)3)32-21-23-12-9-13-24(31)19-23/h4-5,9,12-15,19-20,22,28-29,32H,6-8,10-11,16-18,21H2,1-3H3. The summed E-state index contributed by atoms with van der Waals surface area (Å²) in [5.74, 6) is 1.65. The Bertz CT molecular complexity index is 983. The van der Waals surface area contributed by atoms with Crippen molar-refractivity contribution in [1.82, 2.24) is 0 Å². The Kier molecular flexibility index (Phi) is 9.16. The Hall–Kier alpha value is -2.01. The number of allylic oxidation sites excluding steroid dienone is 1. The molecule has 4 rings (SSSR count). The summed E-state index contributed by atoms with van der Waals surface area (Å²) in [6.45, 7) is 8.18. The monoisotopic (exact) mass is 497 g/mol. The number of hydrogen-bond donors (Lipinski definition) is 1. The van der Waals surface area contributed by atoms with Gasteiger partial charge < -0.3 is 19.5 Å². The van der Waals surface area contributed by atoms with Gasteiger partial charge in [0.25, 0.3) is 0 Å². The maximum Gasteiger partial charge on any atom is 0.132 e. The van der Waals surface area contributed by atoms with Gasteiger partial charge in [0.15, 0.2) is 0 Å². The molecule has 1 aliphatic heterocycles. The molecule has 1 saturated carbocycles. The van der Waals surface area contributed by atoms with Gasteiger partial charge in [0, 0.05) is 29.4 Å². The fourth-order valence-corrected chi connectivity index (χ4v) is 5.46. The molecule has 0 amide bonds. The van der Waals surface area contributed by atoms with Gasteiger partial charge in [-0.05, 0) is 69.0 Å². The Morgan fingerprint density at radius 2 is 1.91 bits per heavy atom. The van der Waals surface area contributed by atoms with E-state index in [1.807, 2.05) is 37.3 Å². The summed E-state index contributed by atoms with van der Waals surface area (Å²) in [4.78, 5) is 0. The lowest BCUT2D eigenvalue weighted by molar-refractivity contribution is -0.158. The van der Waals surface area contributed by atoms with E-state index in [0.717, 1.165) is 46.5 Å². The molecule has 1 fully saturated rings. The van der Waals surface area contributed by atoms with Crippen molar-refractivity contribution in [2.75, 3.05) is 18.5 Å². The van der Waals surface area contributed by atoms with Crippen molar-refractivity contribution in [2.45, 2.75) is 83.6 Å². The first kappa shape index (κ1) is 26.1. The lowest BCUT2D eigenvalue weighted by atomic mass is 9.86. The van der Waals surface area contributed by atoms with Gasteiger partial charge in [-0.1, -0.05) is 68.0 Å². The summed E-state index contributed by atoms with van der Waals surface area (Å²) in [6, 6.07) is 14.2. The summed E-state index contributed by atoms with van der Waals surface area (Å²) >= 11 is 6.16. The van der Waals surface area contributed by atoms with Gasteiger partial charge in [-0.25, -0.2) is 0 Å². The number of hydrogen-bond acceptors (Lipinski definition) is 4. The van der Waals surface area contributed by atoms with Crippen LogP contribution in [0.15, 0.2) is 54.6 Å². The van der Waals surface area contributed by atoms with Crippen LogP contribution < -0.4 is 10.1 Å². The van der Waals surface area contributed by atoms with E-state index in [1.165, 1.54) is 32.1 Å². The first-order valence-electron chi connectivity index (χ1n) is 13.1. The molecule has 1 heterocycles. The van der Waals surface area contributed by atoms with Crippen LogP contribution in [0.2, 0.25) is 5.02 Å². The summed E-state index contributed by atoms with van der Waals surface area (Å²) < 4.78 is 19.5. The molecule has 190 valence electrons. The maximum absolute atomic E-state index is 6.65. The minimum absolute atomic E-state index is 0.185. The molecule has 0 spiro atoms. The van der Waals surface area contributed by atoms with E-state index >= 15 is 0 Å². The molecule has 1 N–H and O–H groups in total. The zero-order valence-corrected chi connectivity index (χ0v) is 22.2. The first-order valence-corrected chi connectivity index (χ1v) is 13.5. The van der Waals surface area contributed by atoms with Gasteiger partial charge in [-0.15, -0.1) is 0 Å². The van der Waals surface area contributed by atoms with Crippen molar-refractivity contribution >= 4 is 17.3 Å². The number of rotatable bonds is 10. The van der Waals surface area contributed by atoms with Crippen molar-refractivity contribution in [2.24, 2.45) is 5.92 Å². The lowest BCUT2D eigenvalue weighted by Crippen LogP contribution is -2.51. The Morgan fingerprint density at radius 3 is 2.69 bits per heavy atom. The van der Waals surface area contributed by atoms with Crippen LogP contribution >= 0.6 is 11.6 Å². The van der Waals surface area contributed by atoms with E-state index in [-0.39, 0.29) is 12.2 Å². The minimum atomic E-state index is -0.500. The molecule has 2 aliphatic rings. The van der Waals surface area contributed by atoms with E-state index in [4.69, 9.17) is 25.8 Å². The third kappa shape index (κ3) is 7.03. The third-order valence-electron chi connectivity index (χ3n) is 7.19. The number of benzene rings is 2. The molecule has 0 radical (unpaired) electrons. The van der Waals surface area contributed by atoms with Crippen LogP contribution in [0.5, 0.6) is 5.75 Å². The third-order valence-corrected chi connectivity index (χ3v) is 7.43. The molecular formula is C30H40ClNO3. The van der Waals surface area contributed by atoms with E-state index in [2.05, 4.69) is 43.4 Å². The van der Waals surface area contributed by atoms with E-state index in [9.17, 15) is 0 Å². The van der Waals surface area contributed by atoms with Gasteiger partial charge in [0.1, 0.15) is 23.6 Å². The topological polar surface area (TPSA) is 39.7 Å². The van der Waals surface area contributed by atoms with E-state index in [1.54, 1.807) is 0 Å². The van der Waals surface area contributed by atoms with Crippen molar-refractivity contribution < 1.29 is 14.2 Å². The Balaban J connectivity index is 1.53. The van der Waals surface area contributed by atoms with Crippen molar-refractivity contribution in [1.29, 1.82) is 0 Å². The highest BCUT2D eigenvalue weighted by molar-refractivity contribution is 6.30. The number of anilines is 1. The van der Waals surface area contributed by atoms with Crippen LogP contribution in [0.3, 0.4) is 0 Å². The molecular weight excluding hydrogens is 458 g/mol. The molecule has 2 aromatic carbocycles. The number of fused-ring (bicyclic) bond motifs is 1. The van der Waals surface area contributed by atoms with Crippen LogP contribution in [0, 0.1) is 5.92 Å². The SMILES string of the molecule is CC=CCOC1C(OCCC2CCCCC2)c2cc(NCc3cccc(Cl)c3)ccc2OC1(C)C. The van der Waals surface area contributed by atoms with Gasteiger partial charge >= 0.3 is 0 Å².